The van der Waals surface area contributed by atoms with Gasteiger partial charge < -0.3 is 9.88 Å². The van der Waals surface area contributed by atoms with E-state index >= 15 is 0 Å². The van der Waals surface area contributed by atoms with Crippen molar-refractivity contribution in [3.05, 3.63) is 30.1 Å². The Morgan fingerprint density at radius 3 is 2.65 bits per heavy atom. The van der Waals surface area contributed by atoms with Crippen LogP contribution in [0.25, 0.3) is 11.0 Å². The van der Waals surface area contributed by atoms with Gasteiger partial charge in [0.05, 0.1) is 11.0 Å². The first-order valence-corrected chi connectivity index (χ1v) is 7.97. The SMILES string of the molecule is CCCC(Cc1nc2ccccc2n1CCC)NCC. The second kappa shape index (κ2) is 7.44. The van der Waals surface area contributed by atoms with Gasteiger partial charge in [0.1, 0.15) is 5.82 Å². The number of nitrogens with zero attached hydrogens (tertiary/aromatic N) is 2. The molecule has 3 heteroatoms. The Morgan fingerprint density at radius 1 is 1.15 bits per heavy atom. The molecule has 1 heterocycles. The normalized spacial score (nSPS) is 12.9. The summed E-state index contributed by atoms with van der Waals surface area (Å²) in [7, 11) is 0. The Morgan fingerprint density at radius 2 is 1.95 bits per heavy atom. The average molecular weight is 273 g/mol. The minimum absolute atomic E-state index is 0.539. The quantitative estimate of drug-likeness (QED) is 0.793. The number of benzene rings is 1. The van der Waals surface area contributed by atoms with Crippen LogP contribution >= 0.6 is 0 Å². The van der Waals surface area contributed by atoms with Gasteiger partial charge in [-0.2, -0.15) is 0 Å². The average Bonchev–Trinajstić information content (AvgIpc) is 2.78. The van der Waals surface area contributed by atoms with Gasteiger partial charge in [-0.3, -0.25) is 0 Å². The summed E-state index contributed by atoms with van der Waals surface area (Å²) in [5, 5.41) is 3.59. The molecule has 0 saturated carbocycles. The summed E-state index contributed by atoms with van der Waals surface area (Å²) in [6.45, 7) is 8.74. The zero-order chi connectivity index (χ0) is 14.4. The second-order valence-corrected chi connectivity index (χ2v) is 5.42. The van der Waals surface area contributed by atoms with Crippen LogP contribution in [-0.2, 0) is 13.0 Å². The fraction of sp³-hybridized carbons (Fsp3) is 0.588. The molecular formula is C17H27N3. The molecule has 1 aromatic carbocycles. The number of para-hydroxylation sites is 2. The van der Waals surface area contributed by atoms with Gasteiger partial charge in [0, 0.05) is 19.0 Å². The van der Waals surface area contributed by atoms with Gasteiger partial charge in [-0.05, 0) is 31.5 Å². The second-order valence-electron chi connectivity index (χ2n) is 5.42. The maximum atomic E-state index is 4.86. The van der Waals surface area contributed by atoms with Crippen LogP contribution in [0.2, 0.25) is 0 Å². The number of rotatable bonds is 8. The molecule has 0 saturated heterocycles. The molecule has 2 rings (SSSR count). The highest BCUT2D eigenvalue weighted by atomic mass is 15.1. The van der Waals surface area contributed by atoms with Crippen molar-refractivity contribution in [1.29, 1.82) is 0 Å². The van der Waals surface area contributed by atoms with Gasteiger partial charge >= 0.3 is 0 Å². The van der Waals surface area contributed by atoms with E-state index in [9.17, 15) is 0 Å². The molecule has 3 nitrogen and oxygen atoms in total. The van der Waals surface area contributed by atoms with E-state index in [1.807, 2.05) is 0 Å². The number of likely N-dealkylation sites (N-methyl/N-ethyl adjacent to an activating group) is 1. The summed E-state index contributed by atoms with van der Waals surface area (Å²) in [6, 6.07) is 9.02. The monoisotopic (exact) mass is 273 g/mol. The van der Waals surface area contributed by atoms with Crippen LogP contribution in [0.1, 0.15) is 45.9 Å². The fourth-order valence-electron chi connectivity index (χ4n) is 2.89. The van der Waals surface area contributed by atoms with Crippen LogP contribution in [0.15, 0.2) is 24.3 Å². The number of nitrogens with one attached hydrogen (secondary N) is 1. The van der Waals surface area contributed by atoms with Gasteiger partial charge in [0.15, 0.2) is 0 Å². The summed E-state index contributed by atoms with van der Waals surface area (Å²) in [5.41, 5.74) is 2.40. The zero-order valence-electron chi connectivity index (χ0n) is 13.0. The maximum Gasteiger partial charge on any atom is 0.111 e. The highest BCUT2D eigenvalue weighted by Crippen LogP contribution is 2.18. The van der Waals surface area contributed by atoms with Crippen LogP contribution < -0.4 is 5.32 Å². The lowest BCUT2D eigenvalue weighted by molar-refractivity contribution is 0.467. The fourth-order valence-corrected chi connectivity index (χ4v) is 2.89. The first-order valence-electron chi connectivity index (χ1n) is 7.97. The Kier molecular flexibility index (Phi) is 5.60. The van der Waals surface area contributed by atoms with Crippen molar-refractivity contribution in [2.45, 2.75) is 59.0 Å². The number of hydrogen-bond donors (Lipinski definition) is 1. The van der Waals surface area contributed by atoms with Crippen LogP contribution in [0.3, 0.4) is 0 Å². The summed E-state index contributed by atoms with van der Waals surface area (Å²) in [4.78, 5) is 4.86. The third-order valence-electron chi connectivity index (χ3n) is 3.74. The molecule has 0 bridgehead atoms. The van der Waals surface area contributed by atoms with E-state index in [2.05, 4.69) is 54.9 Å². The summed E-state index contributed by atoms with van der Waals surface area (Å²) in [5.74, 6) is 1.23. The van der Waals surface area contributed by atoms with Crippen molar-refractivity contribution in [3.63, 3.8) is 0 Å². The number of hydrogen-bond acceptors (Lipinski definition) is 2. The van der Waals surface area contributed by atoms with Crippen molar-refractivity contribution in [1.82, 2.24) is 14.9 Å². The summed E-state index contributed by atoms with van der Waals surface area (Å²) in [6.07, 6.45) is 4.60. The Balaban J connectivity index is 2.29. The first-order chi connectivity index (χ1) is 9.80. The molecule has 1 N–H and O–H groups in total. The Hall–Kier alpha value is -1.35. The molecule has 0 aliphatic heterocycles. The molecule has 1 atom stereocenters. The molecule has 0 spiro atoms. The highest BCUT2D eigenvalue weighted by molar-refractivity contribution is 5.75. The maximum absolute atomic E-state index is 4.86. The molecule has 110 valence electrons. The van der Waals surface area contributed by atoms with Crippen LogP contribution in [0.4, 0.5) is 0 Å². The van der Waals surface area contributed by atoms with Crippen LogP contribution in [-0.4, -0.2) is 22.1 Å². The van der Waals surface area contributed by atoms with Gasteiger partial charge in [-0.1, -0.05) is 39.3 Å². The van der Waals surface area contributed by atoms with Crippen molar-refractivity contribution in [2.75, 3.05) is 6.54 Å². The van der Waals surface area contributed by atoms with Crippen LogP contribution in [0.5, 0.6) is 0 Å². The van der Waals surface area contributed by atoms with Crippen molar-refractivity contribution < 1.29 is 0 Å². The number of fused-ring (bicyclic) bond motifs is 1. The molecule has 1 unspecified atom stereocenters. The van der Waals surface area contributed by atoms with Crippen molar-refractivity contribution in [3.8, 4) is 0 Å². The standard InChI is InChI=1S/C17H27N3/c1-4-9-14(18-6-3)13-17-19-15-10-7-8-11-16(15)20(17)12-5-2/h7-8,10-11,14,18H,4-6,9,12-13H2,1-3H3. The Labute approximate surface area is 122 Å². The molecular weight excluding hydrogens is 246 g/mol. The first kappa shape index (κ1) is 15.0. The van der Waals surface area contributed by atoms with E-state index in [0.717, 1.165) is 31.4 Å². The van der Waals surface area contributed by atoms with E-state index in [1.165, 1.54) is 24.2 Å². The van der Waals surface area contributed by atoms with E-state index < -0.39 is 0 Å². The topological polar surface area (TPSA) is 29.9 Å². The lowest BCUT2D eigenvalue weighted by Crippen LogP contribution is -2.31. The number of aromatic nitrogens is 2. The minimum atomic E-state index is 0.539. The summed E-state index contributed by atoms with van der Waals surface area (Å²) < 4.78 is 2.40. The number of imidazole rings is 1. The zero-order valence-corrected chi connectivity index (χ0v) is 13.0. The van der Waals surface area contributed by atoms with E-state index in [1.54, 1.807) is 0 Å². The minimum Gasteiger partial charge on any atom is -0.328 e. The molecule has 2 aromatic rings. The van der Waals surface area contributed by atoms with Crippen molar-refractivity contribution in [2.24, 2.45) is 0 Å². The third kappa shape index (κ3) is 3.40. The van der Waals surface area contributed by atoms with Gasteiger partial charge in [-0.25, -0.2) is 4.98 Å². The Bertz CT molecular complexity index is 524. The third-order valence-corrected chi connectivity index (χ3v) is 3.74. The molecule has 1 aromatic heterocycles. The molecule has 0 radical (unpaired) electrons. The van der Waals surface area contributed by atoms with E-state index in [4.69, 9.17) is 4.98 Å². The summed E-state index contributed by atoms with van der Waals surface area (Å²) >= 11 is 0. The largest absolute Gasteiger partial charge is 0.328 e. The van der Waals surface area contributed by atoms with E-state index in [0.29, 0.717) is 6.04 Å². The molecule has 0 aliphatic rings. The van der Waals surface area contributed by atoms with E-state index in [-0.39, 0.29) is 0 Å². The number of aryl methyl sites for hydroxylation is 1. The molecule has 0 amide bonds. The smallest absolute Gasteiger partial charge is 0.111 e. The predicted molar refractivity (Wildman–Crippen MR) is 86.1 cm³/mol. The predicted octanol–water partition coefficient (Wildman–Crippen LogP) is 3.77. The highest BCUT2D eigenvalue weighted by Gasteiger charge is 2.14. The van der Waals surface area contributed by atoms with Crippen molar-refractivity contribution >= 4 is 11.0 Å². The lowest BCUT2D eigenvalue weighted by atomic mass is 10.1. The van der Waals surface area contributed by atoms with Gasteiger partial charge in [-0.15, -0.1) is 0 Å². The van der Waals surface area contributed by atoms with Gasteiger partial charge in [0.2, 0.25) is 0 Å². The molecule has 0 fully saturated rings. The molecule has 20 heavy (non-hydrogen) atoms. The van der Waals surface area contributed by atoms with Gasteiger partial charge in [0.25, 0.3) is 0 Å². The lowest BCUT2D eigenvalue weighted by Gasteiger charge is -2.17. The molecule has 0 aliphatic carbocycles. The van der Waals surface area contributed by atoms with Crippen LogP contribution in [0, 0.1) is 0 Å².